The summed E-state index contributed by atoms with van der Waals surface area (Å²) in [5.41, 5.74) is 0. The first-order valence-electron chi connectivity index (χ1n) is 21.9. The summed E-state index contributed by atoms with van der Waals surface area (Å²) >= 11 is 0. The van der Waals surface area contributed by atoms with E-state index in [1.54, 1.807) is 0 Å². The number of esters is 2. The van der Waals surface area contributed by atoms with Gasteiger partial charge in [-0.25, -0.2) is 0 Å². The van der Waals surface area contributed by atoms with E-state index in [2.05, 4.69) is 44.2 Å². The quantitative estimate of drug-likeness (QED) is 0.0212. The van der Waals surface area contributed by atoms with Gasteiger partial charge in [-0.05, 0) is 44.9 Å². The summed E-state index contributed by atoms with van der Waals surface area (Å²) < 4.78 is 33.8. The summed E-state index contributed by atoms with van der Waals surface area (Å²) in [6.45, 7) is 3.99. The molecule has 0 amide bonds. The fourth-order valence-corrected chi connectivity index (χ4v) is 6.39. The first kappa shape index (κ1) is 53.9. The number of allylic oxidation sites excluding steroid dienone is 7. The first-order chi connectivity index (χ1) is 26.9. The molecule has 1 N–H and O–H groups in total. The second-order valence-corrected chi connectivity index (χ2v) is 17.3. The van der Waals surface area contributed by atoms with Gasteiger partial charge in [0.25, 0.3) is 7.82 Å². The standard InChI is InChI=1S/C45H82NO9P/c1-6-8-10-11-12-13-14-15-16-21-24-27-30-33-37-45(49)55-43(41-54-56(50,51)53-39-38-46(3,4)5)40-52-44(48)36-32-29-26-23-20-18-17-19-22-25-28-31-35-42(47)34-9-7-2/h17-18,22-23,25-26,31,35,42-43,47H,6-16,19-21,24,27-30,32-34,36-41H2,1-5H3/b18-17-,25-22-,26-23-,35-31-/t42-,43+/m0/s1. The van der Waals surface area contributed by atoms with Crippen LogP contribution >= 0.6 is 7.82 Å². The Bertz CT molecular complexity index is 1120. The van der Waals surface area contributed by atoms with Crippen LogP contribution in [0.1, 0.15) is 168 Å². The predicted molar refractivity (Wildman–Crippen MR) is 228 cm³/mol. The van der Waals surface area contributed by atoms with E-state index in [4.69, 9.17) is 18.5 Å². The maximum absolute atomic E-state index is 12.7. The van der Waals surface area contributed by atoms with Crippen LogP contribution in [0.5, 0.6) is 0 Å². The molecule has 0 fully saturated rings. The highest BCUT2D eigenvalue weighted by Crippen LogP contribution is 2.38. The average Bonchev–Trinajstić information content (AvgIpc) is 3.14. The number of phosphoric acid groups is 1. The highest BCUT2D eigenvalue weighted by Gasteiger charge is 2.21. The molecule has 0 aliphatic rings. The third-order valence-corrected chi connectivity index (χ3v) is 10.1. The van der Waals surface area contributed by atoms with Gasteiger partial charge >= 0.3 is 11.9 Å². The fraction of sp³-hybridized carbons (Fsp3) is 0.778. The summed E-state index contributed by atoms with van der Waals surface area (Å²) in [6, 6.07) is 0. The van der Waals surface area contributed by atoms with E-state index >= 15 is 0 Å². The summed E-state index contributed by atoms with van der Waals surface area (Å²) in [4.78, 5) is 37.5. The molecule has 0 saturated heterocycles. The number of aliphatic hydroxyl groups excluding tert-OH is 1. The number of unbranched alkanes of at least 4 members (excludes halogenated alkanes) is 15. The number of carbonyl (C=O) groups excluding carboxylic acids is 2. The Labute approximate surface area is 342 Å². The van der Waals surface area contributed by atoms with Crippen molar-refractivity contribution in [1.29, 1.82) is 0 Å². The molecule has 11 heteroatoms. The largest absolute Gasteiger partial charge is 0.756 e. The topological polar surface area (TPSA) is 131 Å². The lowest BCUT2D eigenvalue weighted by atomic mass is 10.0. The lowest BCUT2D eigenvalue weighted by Crippen LogP contribution is -2.37. The molecule has 0 saturated carbocycles. The molecular formula is C45H82NO9P. The Hall–Kier alpha value is -2.07. The molecule has 3 atom stereocenters. The van der Waals surface area contributed by atoms with Gasteiger partial charge in [-0.3, -0.25) is 14.2 Å². The minimum absolute atomic E-state index is 0.0463. The Morgan fingerprint density at radius 1 is 0.643 bits per heavy atom. The zero-order chi connectivity index (χ0) is 41.6. The van der Waals surface area contributed by atoms with Gasteiger partial charge in [0, 0.05) is 12.8 Å². The number of likely N-dealkylation sites (N-methyl/N-ethyl adjacent to an activating group) is 1. The zero-order valence-corrected chi connectivity index (χ0v) is 37.1. The number of rotatable bonds is 39. The van der Waals surface area contributed by atoms with Crippen molar-refractivity contribution < 1.29 is 47.2 Å². The number of hydrogen-bond donors (Lipinski definition) is 1. The molecule has 0 heterocycles. The summed E-state index contributed by atoms with van der Waals surface area (Å²) in [7, 11) is 1.11. The molecule has 0 radical (unpaired) electrons. The van der Waals surface area contributed by atoms with Crippen LogP contribution in [-0.2, 0) is 32.7 Å². The summed E-state index contributed by atoms with van der Waals surface area (Å²) in [5, 5.41) is 9.82. The Morgan fingerprint density at radius 3 is 1.70 bits per heavy atom. The van der Waals surface area contributed by atoms with Crippen LogP contribution in [0.4, 0.5) is 0 Å². The normalized spacial score (nSPS) is 14.6. The second-order valence-electron chi connectivity index (χ2n) is 15.9. The van der Waals surface area contributed by atoms with Crippen molar-refractivity contribution in [3.05, 3.63) is 48.6 Å². The zero-order valence-electron chi connectivity index (χ0n) is 36.2. The van der Waals surface area contributed by atoms with Gasteiger partial charge in [-0.2, -0.15) is 0 Å². The minimum Gasteiger partial charge on any atom is -0.756 e. The van der Waals surface area contributed by atoms with Crippen LogP contribution in [0.2, 0.25) is 0 Å². The molecule has 0 aromatic rings. The van der Waals surface area contributed by atoms with Crippen molar-refractivity contribution in [2.45, 2.75) is 180 Å². The fourth-order valence-electron chi connectivity index (χ4n) is 5.67. The second kappa shape index (κ2) is 37.2. The molecule has 10 nitrogen and oxygen atoms in total. The van der Waals surface area contributed by atoms with Gasteiger partial charge in [0.15, 0.2) is 6.10 Å². The average molecular weight is 812 g/mol. The van der Waals surface area contributed by atoms with Crippen molar-refractivity contribution >= 4 is 19.8 Å². The minimum atomic E-state index is -4.64. The monoisotopic (exact) mass is 812 g/mol. The Morgan fingerprint density at radius 2 is 1.14 bits per heavy atom. The molecule has 0 aliphatic carbocycles. The lowest BCUT2D eigenvalue weighted by molar-refractivity contribution is -0.870. The van der Waals surface area contributed by atoms with Crippen molar-refractivity contribution in [3.63, 3.8) is 0 Å². The molecule has 56 heavy (non-hydrogen) atoms. The molecule has 0 aromatic carbocycles. The van der Waals surface area contributed by atoms with E-state index < -0.39 is 32.5 Å². The summed E-state index contributed by atoms with van der Waals surface area (Å²) in [6.07, 6.45) is 39.0. The number of phosphoric ester groups is 1. The maximum atomic E-state index is 12.7. The van der Waals surface area contributed by atoms with Crippen molar-refractivity contribution in [2.75, 3.05) is 47.5 Å². The van der Waals surface area contributed by atoms with Gasteiger partial charge < -0.3 is 33.0 Å². The first-order valence-corrected chi connectivity index (χ1v) is 23.4. The summed E-state index contributed by atoms with van der Waals surface area (Å²) in [5.74, 6) is -0.922. The smallest absolute Gasteiger partial charge is 0.306 e. The molecule has 0 aromatic heterocycles. The van der Waals surface area contributed by atoms with Gasteiger partial charge in [0.05, 0.1) is 33.9 Å². The van der Waals surface area contributed by atoms with E-state index in [0.717, 1.165) is 57.8 Å². The Kier molecular flexibility index (Phi) is 35.8. The number of aliphatic hydroxyl groups is 1. The molecule has 0 spiro atoms. The van der Waals surface area contributed by atoms with E-state index in [1.165, 1.54) is 64.2 Å². The van der Waals surface area contributed by atoms with Gasteiger partial charge in [-0.1, -0.05) is 159 Å². The van der Waals surface area contributed by atoms with E-state index in [9.17, 15) is 24.2 Å². The van der Waals surface area contributed by atoms with E-state index in [1.807, 2.05) is 39.4 Å². The van der Waals surface area contributed by atoms with Gasteiger partial charge in [0.2, 0.25) is 0 Å². The predicted octanol–water partition coefficient (Wildman–Crippen LogP) is 10.6. The highest BCUT2D eigenvalue weighted by atomic mass is 31.2. The molecule has 326 valence electrons. The van der Waals surface area contributed by atoms with Crippen LogP contribution < -0.4 is 4.89 Å². The van der Waals surface area contributed by atoms with Crippen molar-refractivity contribution in [3.8, 4) is 0 Å². The van der Waals surface area contributed by atoms with Crippen LogP contribution in [0.15, 0.2) is 48.6 Å². The SMILES string of the molecule is CCCCCCCCCCCCCCCCC(=O)O[C@H](COC(=O)CCC/C=C\C/C=C\C/C=C\C/C=C\[C@@H](O)CCCC)COP(=O)([O-])OCC[N+](C)(C)C. The van der Waals surface area contributed by atoms with Crippen molar-refractivity contribution in [1.82, 2.24) is 0 Å². The molecule has 0 aliphatic heterocycles. The Balaban J connectivity index is 4.48. The van der Waals surface area contributed by atoms with E-state index in [0.29, 0.717) is 30.3 Å². The highest BCUT2D eigenvalue weighted by molar-refractivity contribution is 7.45. The third-order valence-electron chi connectivity index (χ3n) is 9.17. The number of quaternary nitrogens is 1. The van der Waals surface area contributed by atoms with Gasteiger partial charge in [-0.15, -0.1) is 0 Å². The maximum Gasteiger partial charge on any atom is 0.306 e. The van der Waals surface area contributed by atoms with Crippen molar-refractivity contribution in [2.24, 2.45) is 0 Å². The van der Waals surface area contributed by atoms with Gasteiger partial charge in [0.1, 0.15) is 19.8 Å². The number of hydrogen-bond acceptors (Lipinski definition) is 9. The van der Waals surface area contributed by atoms with Crippen LogP contribution in [-0.4, -0.2) is 81.2 Å². The van der Waals surface area contributed by atoms with Crippen LogP contribution in [0.25, 0.3) is 0 Å². The lowest BCUT2D eigenvalue weighted by Gasteiger charge is -2.28. The third kappa shape index (κ3) is 40.1. The molecule has 1 unspecified atom stereocenters. The number of ether oxygens (including phenoxy) is 2. The van der Waals surface area contributed by atoms with Crippen LogP contribution in [0.3, 0.4) is 0 Å². The molecular weight excluding hydrogens is 729 g/mol. The van der Waals surface area contributed by atoms with Crippen LogP contribution in [0, 0.1) is 0 Å². The van der Waals surface area contributed by atoms with E-state index in [-0.39, 0.29) is 32.2 Å². The number of carbonyl (C=O) groups is 2. The number of nitrogens with zero attached hydrogens (tertiary/aromatic N) is 1. The molecule has 0 rings (SSSR count). The molecule has 0 bridgehead atoms.